The molecule has 2 aromatic heterocycles. The number of fused-ring (bicyclic) bond motifs is 1. The average molecular weight is 411 g/mol. The summed E-state index contributed by atoms with van der Waals surface area (Å²) in [4.78, 5) is 29.7. The molecule has 1 saturated carbocycles. The number of thiazole rings is 1. The number of primary amides is 1. The number of nitrogens with zero attached hydrogens (tertiary/aromatic N) is 2. The molecule has 1 aliphatic carbocycles. The standard InChI is InChI=1S/C22H26N4O2S/c1-3-26-18-5-4-14(19-12-24-13-29-19)10-16(18)17(11-20(26)27)25-15-6-8-22(2,9-7-15)21(23)28/h4-5,10-13,15,25H,3,6-9H2,1-2H3,(H2,23,28). The molecular formula is C22H26N4O2S. The minimum absolute atomic E-state index is 0.00850. The quantitative estimate of drug-likeness (QED) is 0.665. The highest BCUT2D eigenvalue weighted by molar-refractivity contribution is 7.13. The van der Waals surface area contributed by atoms with Crippen molar-refractivity contribution in [2.45, 2.75) is 52.1 Å². The second kappa shape index (κ2) is 7.63. The van der Waals surface area contributed by atoms with Crippen molar-refractivity contribution in [1.29, 1.82) is 0 Å². The van der Waals surface area contributed by atoms with Gasteiger partial charge in [-0.3, -0.25) is 14.6 Å². The summed E-state index contributed by atoms with van der Waals surface area (Å²) in [6.45, 7) is 4.55. The van der Waals surface area contributed by atoms with Crippen LogP contribution in [0.2, 0.25) is 0 Å². The Labute approximate surface area is 173 Å². The van der Waals surface area contributed by atoms with Crippen LogP contribution in [-0.4, -0.2) is 21.5 Å². The molecule has 3 aromatic rings. The number of nitrogens with one attached hydrogen (secondary N) is 1. The van der Waals surface area contributed by atoms with Crippen molar-refractivity contribution in [2.24, 2.45) is 11.1 Å². The second-order valence-corrected chi connectivity index (χ2v) is 8.97. The number of hydrogen-bond acceptors (Lipinski definition) is 5. The lowest BCUT2D eigenvalue weighted by Gasteiger charge is -2.35. The molecule has 7 heteroatoms. The van der Waals surface area contributed by atoms with Crippen LogP contribution in [0.4, 0.5) is 5.69 Å². The maximum atomic E-state index is 12.7. The van der Waals surface area contributed by atoms with E-state index < -0.39 is 5.41 Å². The van der Waals surface area contributed by atoms with Crippen molar-refractivity contribution >= 4 is 33.8 Å². The topological polar surface area (TPSA) is 90.0 Å². The molecule has 0 radical (unpaired) electrons. The smallest absolute Gasteiger partial charge is 0.253 e. The first-order chi connectivity index (χ1) is 13.9. The van der Waals surface area contributed by atoms with E-state index in [1.807, 2.05) is 37.7 Å². The third-order valence-corrected chi connectivity index (χ3v) is 7.01. The number of aromatic nitrogens is 2. The SMILES string of the molecule is CCn1c(=O)cc(NC2CCC(C)(C(N)=O)CC2)c2cc(-c3cncs3)ccc21. The number of benzene rings is 1. The lowest BCUT2D eigenvalue weighted by Crippen LogP contribution is -2.40. The van der Waals surface area contributed by atoms with Gasteiger partial charge in [0.15, 0.2) is 0 Å². The Morgan fingerprint density at radius 2 is 2.10 bits per heavy atom. The summed E-state index contributed by atoms with van der Waals surface area (Å²) in [6, 6.07) is 8.11. The number of rotatable bonds is 5. The Morgan fingerprint density at radius 3 is 2.72 bits per heavy atom. The minimum atomic E-state index is -0.425. The van der Waals surface area contributed by atoms with E-state index in [-0.39, 0.29) is 17.5 Å². The predicted molar refractivity (Wildman–Crippen MR) is 118 cm³/mol. The van der Waals surface area contributed by atoms with Gasteiger partial charge in [-0.2, -0.15) is 0 Å². The molecule has 4 rings (SSSR count). The number of carbonyl (C=O) groups excluding carboxylic acids is 1. The molecule has 0 aliphatic heterocycles. The van der Waals surface area contributed by atoms with Gasteiger partial charge in [0.25, 0.3) is 5.56 Å². The van der Waals surface area contributed by atoms with Gasteiger partial charge in [-0.15, -0.1) is 11.3 Å². The molecule has 0 saturated heterocycles. The van der Waals surface area contributed by atoms with Gasteiger partial charge in [0, 0.05) is 41.3 Å². The number of hydrogen-bond donors (Lipinski definition) is 2. The van der Waals surface area contributed by atoms with Crippen LogP contribution in [0, 0.1) is 5.41 Å². The van der Waals surface area contributed by atoms with Crippen LogP contribution in [0.1, 0.15) is 39.5 Å². The molecule has 29 heavy (non-hydrogen) atoms. The van der Waals surface area contributed by atoms with Gasteiger partial charge in [-0.05, 0) is 50.3 Å². The lowest BCUT2D eigenvalue weighted by molar-refractivity contribution is -0.128. The molecule has 3 N–H and O–H groups in total. The normalized spacial score (nSPS) is 21.9. The van der Waals surface area contributed by atoms with Crippen LogP contribution >= 0.6 is 11.3 Å². The summed E-state index contributed by atoms with van der Waals surface area (Å²) in [5.41, 5.74) is 9.84. The predicted octanol–water partition coefficient (Wildman–Crippen LogP) is 3.99. The number of aryl methyl sites for hydroxylation is 1. The molecule has 0 spiro atoms. The average Bonchev–Trinajstić information content (AvgIpc) is 3.24. The number of pyridine rings is 1. The van der Waals surface area contributed by atoms with Crippen molar-refractivity contribution in [3.8, 4) is 10.4 Å². The fourth-order valence-corrected chi connectivity index (χ4v) is 4.83. The van der Waals surface area contributed by atoms with E-state index >= 15 is 0 Å². The summed E-state index contributed by atoms with van der Waals surface area (Å²) in [5, 5.41) is 4.62. The Balaban J connectivity index is 1.71. The maximum absolute atomic E-state index is 12.7. The minimum Gasteiger partial charge on any atom is -0.382 e. The Hall–Kier alpha value is -2.67. The summed E-state index contributed by atoms with van der Waals surface area (Å²) < 4.78 is 1.79. The molecule has 0 atom stereocenters. The molecule has 0 unspecified atom stereocenters. The summed E-state index contributed by atoms with van der Waals surface area (Å²) in [6.07, 6.45) is 5.09. The highest BCUT2D eigenvalue weighted by Gasteiger charge is 2.36. The molecule has 1 aromatic carbocycles. The van der Waals surface area contributed by atoms with Crippen LogP contribution in [0.25, 0.3) is 21.3 Å². The number of anilines is 1. The van der Waals surface area contributed by atoms with Crippen molar-refractivity contribution in [2.75, 3.05) is 5.32 Å². The summed E-state index contributed by atoms with van der Waals surface area (Å²) in [5.74, 6) is -0.221. The van der Waals surface area contributed by atoms with Crippen LogP contribution in [0.15, 0.2) is 40.8 Å². The highest BCUT2D eigenvalue weighted by atomic mass is 32.1. The number of nitrogens with two attached hydrogens (primary N) is 1. The van der Waals surface area contributed by atoms with Crippen LogP contribution in [-0.2, 0) is 11.3 Å². The van der Waals surface area contributed by atoms with Gasteiger partial charge >= 0.3 is 0 Å². The van der Waals surface area contributed by atoms with E-state index in [4.69, 9.17) is 5.73 Å². The zero-order valence-electron chi connectivity index (χ0n) is 16.8. The van der Waals surface area contributed by atoms with Gasteiger partial charge in [-0.25, -0.2) is 0 Å². The van der Waals surface area contributed by atoms with E-state index in [1.54, 1.807) is 22.0 Å². The van der Waals surface area contributed by atoms with E-state index in [2.05, 4.69) is 16.4 Å². The zero-order valence-corrected chi connectivity index (χ0v) is 17.6. The monoisotopic (exact) mass is 410 g/mol. The first kappa shape index (κ1) is 19.6. The Morgan fingerprint density at radius 1 is 1.34 bits per heavy atom. The first-order valence-electron chi connectivity index (χ1n) is 10.0. The van der Waals surface area contributed by atoms with Crippen molar-refractivity contribution < 1.29 is 4.79 Å². The third kappa shape index (κ3) is 3.67. The zero-order chi connectivity index (χ0) is 20.6. The van der Waals surface area contributed by atoms with Crippen molar-refractivity contribution in [3.05, 3.63) is 46.3 Å². The molecule has 2 heterocycles. The second-order valence-electron chi connectivity index (χ2n) is 8.08. The maximum Gasteiger partial charge on any atom is 0.253 e. The number of amides is 1. The molecule has 6 nitrogen and oxygen atoms in total. The fourth-order valence-electron chi connectivity index (χ4n) is 4.21. The van der Waals surface area contributed by atoms with E-state index in [0.717, 1.165) is 52.7 Å². The number of carbonyl (C=O) groups is 1. The van der Waals surface area contributed by atoms with E-state index in [9.17, 15) is 9.59 Å². The largest absolute Gasteiger partial charge is 0.382 e. The van der Waals surface area contributed by atoms with Gasteiger partial charge < -0.3 is 15.6 Å². The van der Waals surface area contributed by atoms with Gasteiger partial charge in [-0.1, -0.05) is 13.0 Å². The summed E-state index contributed by atoms with van der Waals surface area (Å²) >= 11 is 1.60. The molecule has 1 fully saturated rings. The molecule has 0 bridgehead atoms. The first-order valence-corrected chi connectivity index (χ1v) is 10.9. The van der Waals surface area contributed by atoms with E-state index in [0.29, 0.717) is 6.54 Å². The molecule has 152 valence electrons. The Kier molecular flexibility index (Phi) is 5.17. The van der Waals surface area contributed by atoms with Crippen LogP contribution in [0.5, 0.6) is 0 Å². The van der Waals surface area contributed by atoms with Crippen LogP contribution < -0.4 is 16.6 Å². The molecule has 1 aliphatic rings. The highest BCUT2D eigenvalue weighted by Crippen LogP contribution is 2.37. The third-order valence-electron chi connectivity index (χ3n) is 6.19. The van der Waals surface area contributed by atoms with Crippen LogP contribution in [0.3, 0.4) is 0 Å². The molecular weight excluding hydrogens is 384 g/mol. The van der Waals surface area contributed by atoms with Gasteiger partial charge in [0.1, 0.15) is 0 Å². The van der Waals surface area contributed by atoms with Gasteiger partial charge in [0.2, 0.25) is 5.91 Å². The van der Waals surface area contributed by atoms with Crippen molar-refractivity contribution in [1.82, 2.24) is 9.55 Å². The van der Waals surface area contributed by atoms with Gasteiger partial charge in [0.05, 0.1) is 15.9 Å². The summed E-state index contributed by atoms with van der Waals surface area (Å²) in [7, 11) is 0. The van der Waals surface area contributed by atoms with E-state index in [1.165, 1.54) is 0 Å². The lowest BCUT2D eigenvalue weighted by atomic mass is 9.73. The Bertz CT molecular complexity index is 1100. The molecule has 1 amide bonds. The van der Waals surface area contributed by atoms with Crippen molar-refractivity contribution in [3.63, 3.8) is 0 Å². The fraction of sp³-hybridized carbons (Fsp3) is 0.409.